The molecule has 4 heteroatoms. The molecular weight excluding hydrogens is 289 g/mol. The maximum Gasteiger partial charge on any atom is 0.145 e. The van der Waals surface area contributed by atoms with Crippen LogP contribution in [-0.2, 0) is 11.2 Å². The minimum atomic E-state index is -0.283. The van der Waals surface area contributed by atoms with Gasteiger partial charge in [-0.05, 0) is 43.9 Å². The first-order valence-electron chi connectivity index (χ1n) is 7.95. The second-order valence-electron chi connectivity index (χ2n) is 5.75. The van der Waals surface area contributed by atoms with Gasteiger partial charge in [0.1, 0.15) is 5.82 Å². The van der Waals surface area contributed by atoms with E-state index in [0.29, 0.717) is 17.9 Å². The minimum Gasteiger partial charge on any atom is -0.378 e. The monoisotopic (exact) mass is 313 g/mol. The summed E-state index contributed by atoms with van der Waals surface area (Å²) in [6.07, 6.45) is 4.06. The Morgan fingerprint density at radius 2 is 2.24 bits per heavy atom. The van der Waals surface area contributed by atoms with E-state index >= 15 is 0 Å². The van der Waals surface area contributed by atoms with Crippen molar-refractivity contribution in [3.05, 3.63) is 34.6 Å². The quantitative estimate of drug-likeness (QED) is 0.814. The fraction of sp³-hybridized carbons (Fsp3) is 0.647. The molecule has 1 heterocycles. The van der Waals surface area contributed by atoms with E-state index in [1.165, 1.54) is 0 Å². The fourth-order valence-corrected chi connectivity index (χ4v) is 3.39. The molecule has 0 aliphatic carbocycles. The van der Waals surface area contributed by atoms with Crippen LogP contribution in [-0.4, -0.2) is 25.3 Å². The van der Waals surface area contributed by atoms with Gasteiger partial charge in [-0.15, -0.1) is 0 Å². The number of rotatable bonds is 7. The molecule has 2 nitrogen and oxygen atoms in total. The molecule has 1 aromatic rings. The van der Waals surface area contributed by atoms with Crippen molar-refractivity contribution in [2.45, 2.75) is 51.7 Å². The molecule has 0 radical (unpaired) electrons. The lowest BCUT2D eigenvalue weighted by Crippen LogP contribution is -2.42. The fourth-order valence-electron chi connectivity index (χ4n) is 3.19. The smallest absolute Gasteiger partial charge is 0.145 e. The molecule has 3 atom stereocenters. The molecule has 2 rings (SSSR count). The van der Waals surface area contributed by atoms with Gasteiger partial charge >= 0.3 is 0 Å². The number of nitrogens with one attached hydrogen (secondary N) is 1. The summed E-state index contributed by atoms with van der Waals surface area (Å²) in [5, 5.41) is 3.79. The summed E-state index contributed by atoms with van der Waals surface area (Å²) in [5.41, 5.74) is 0.692. The van der Waals surface area contributed by atoms with Crippen molar-refractivity contribution < 1.29 is 9.13 Å². The van der Waals surface area contributed by atoms with Crippen LogP contribution in [0.1, 0.15) is 38.7 Å². The van der Waals surface area contributed by atoms with Crippen molar-refractivity contribution in [2.75, 3.05) is 13.2 Å². The summed E-state index contributed by atoms with van der Waals surface area (Å²) >= 11 is 5.90. The molecule has 1 aromatic carbocycles. The lowest BCUT2D eigenvalue weighted by Gasteiger charge is -2.28. The van der Waals surface area contributed by atoms with E-state index in [0.717, 1.165) is 32.4 Å². The molecule has 1 N–H and O–H groups in total. The van der Waals surface area contributed by atoms with Crippen LogP contribution in [0.3, 0.4) is 0 Å². The van der Waals surface area contributed by atoms with Gasteiger partial charge in [-0.3, -0.25) is 0 Å². The molecule has 21 heavy (non-hydrogen) atoms. The third kappa shape index (κ3) is 4.18. The van der Waals surface area contributed by atoms with Crippen LogP contribution >= 0.6 is 11.6 Å². The summed E-state index contributed by atoms with van der Waals surface area (Å²) in [6.45, 7) is 6.05. The normalized spacial score (nSPS) is 23.4. The maximum atomic E-state index is 14.2. The predicted molar refractivity (Wildman–Crippen MR) is 85.3 cm³/mol. The Morgan fingerprint density at radius 1 is 1.43 bits per heavy atom. The topological polar surface area (TPSA) is 21.3 Å². The van der Waals surface area contributed by atoms with E-state index < -0.39 is 0 Å². The second kappa shape index (κ2) is 8.11. The average molecular weight is 314 g/mol. The Bertz CT molecular complexity index is 454. The van der Waals surface area contributed by atoms with E-state index in [1.807, 2.05) is 12.1 Å². The molecule has 0 spiro atoms. The van der Waals surface area contributed by atoms with E-state index in [-0.39, 0.29) is 23.0 Å². The van der Waals surface area contributed by atoms with Crippen molar-refractivity contribution in [1.29, 1.82) is 0 Å². The van der Waals surface area contributed by atoms with Gasteiger partial charge in [0.25, 0.3) is 0 Å². The van der Waals surface area contributed by atoms with Crippen molar-refractivity contribution in [2.24, 2.45) is 5.92 Å². The van der Waals surface area contributed by atoms with Crippen molar-refractivity contribution in [1.82, 2.24) is 5.32 Å². The van der Waals surface area contributed by atoms with E-state index in [9.17, 15) is 4.39 Å². The van der Waals surface area contributed by atoms with Gasteiger partial charge in [-0.25, -0.2) is 4.39 Å². The Kier molecular flexibility index (Phi) is 6.46. The Balaban J connectivity index is 2.14. The standard InChI is InChI=1S/C17H25ClFNO/c1-3-9-20-15(13-8-10-21-16(13)4-2)11-12-6-5-7-14(18)17(12)19/h5-7,13,15-16,20H,3-4,8-11H2,1-2H3. The van der Waals surface area contributed by atoms with Crippen molar-refractivity contribution in [3.8, 4) is 0 Å². The number of hydrogen-bond acceptors (Lipinski definition) is 2. The number of hydrogen-bond donors (Lipinski definition) is 1. The third-order valence-corrected chi connectivity index (χ3v) is 4.60. The second-order valence-corrected chi connectivity index (χ2v) is 6.15. The van der Waals surface area contributed by atoms with Gasteiger partial charge in [0.15, 0.2) is 0 Å². The largest absolute Gasteiger partial charge is 0.378 e. The van der Waals surface area contributed by atoms with E-state index in [1.54, 1.807) is 6.07 Å². The van der Waals surface area contributed by atoms with Crippen molar-refractivity contribution >= 4 is 11.6 Å². The molecule has 0 bridgehead atoms. The average Bonchev–Trinajstić information content (AvgIpc) is 2.96. The zero-order chi connectivity index (χ0) is 15.2. The van der Waals surface area contributed by atoms with Gasteiger partial charge in [0, 0.05) is 18.6 Å². The van der Waals surface area contributed by atoms with Crippen LogP contribution < -0.4 is 5.32 Å². The molecular formula is C17H25ClFNO. The lowest BCUT2D eigenvalue weighted by atomic mass is 9.87. The SMILES string of the molecule is CCCNC(Cc1cccc(Cl)c1F)C1CCOC1CC. The molecule has 1 aliphatic rings. The predicted octanol–water partition coefficient (Wildman–Crippen LogP) is 4.20. The lowest BCUT2D eigenvalue weighted by molar-refractivity contribution is 0.0774. The molecule has 118 valence electrons. The first-order chi connectivity index (χ1) is 10.2. The summed E-state index contributed by atoms with van der Waals surface area (Å²) in [6, 6.07) is 5.49. The van der Waals surface area contributed by atoms with Gasteiger partial charge < -0.3 is 10.1 Å². The zero-order valence-corrected chi connectivity index (χ0v) is 13.6. The Labute approximate surface area is 132 Å². The minimum absolute atomic E-state index is 0.205. The van der Waals surface area contributed by atoms with Crippen LogP contribution in [0.25, 0.3) is 0 Å². The van der Waals surface area contributed by atoms with Gasteiger partial charge in [-0.2, -0.15) is 0 Å². The van der Waals surface area contributed by atoms with Crippen molar-refractivity contribution in [3.63, 3.8) is 0 Å². The molecule has 1 saturated heterocycles. The number of benzene rings is 1. The van der Waals surface area contributed by atoms with Gasteiger partial charge in [-0.1, -0.05) is 37.6 Å². The summed E-state index contributed by atoms with van der Waals surface area (Å²) in [4.78, 5) is 0. The molecule has 0 amide bonds. The van der Waals surface area contributed by atoms with Crippen LogP contribution in [0.15, 0.2) is 18.2 Å². The number of halogens is 2. The van der Waals surface area contributed by atoms with E-state index in [4.69, 9.17) is 16.3 Å². The van der Waals surface area contributed by atoms with E-state index in [2.05, 4.69) is 19.2 Å². The van der Waals surface area contributed by atoms with Crippen LogP contribution in [0.2, 0.25) is 5.02 Å². The first kappa shape index (κ1) is 16.7. The summed E-state index contributed by atoms with van der Waals surface area (Å²) in [5.74, 6) is 0.161. The Hall–Kier alpha value is -0.640. The zero-order valence-electron chi connectivity index (χ0n) is 12.9. The van der Waals surface area contributed by atoms with Gasteiger partial charge in [0.05, 0.1) is 11.1 Å². The highest BCUT2D eigenvalue weighted by Gasteiger charge is 2.33. The molecule has 3 unspecified atom stereocenters. The Morgan fingerprint density at radius 3 is 2.95 bits per heavy atom. The highest BCUT2D eigenvalue weighted by molar-refractivity contribution is 6.30. The maximum absolute atomic E-state index is 14.2. The highest BCUT2D eigenvalue weighted by Crippen LogP contribution is 2.29. The molecule has 0 aromatic heterocycles. The van der Waals surface area contributed by atoms with Crippen LogP contribution in [0.4, 0.5) is 4.39 Å². The van der Waals surface area contributed by atoms with Crippen LogP contribution in [0.5, 0.6) is 0 Å². The molecule has 0 saturated carbocycles. The highest BCUT2D eigenvalue weighted by atomic mass is 35.5. The van der Waals surface area contributed by atoms with Gasteiger partial charge in [0.2, 0.25) is 0 Å². The summed E-state index contributed by atoms with van der Waals surface area (Å²) in [7, 11) is 0. The first-order valence-corrected chi connectivity index (χ1v) is 8.33. The molecule has 1 aliphatic heterocycles. The molecule has 1 fully saturated rings. The summed E-state index contributed by atoms with van der Waals surface area (Å²) < 4.78 is 20.0. The third-order valence-electron chi connectivity index (χ3n) is 4.31. The number of ether oxygens (including phenoxy) is 1. The van der Waals surface area contributed by atoms with Crippen LogP contribution in [0, 0.1) is 11.7 Å².